The van der Waals surface area contributed by atoms with Crippen LogP contribution in [0.15, 0.2) is 4.99 Å². The molecule has 1 unspecified atom stereocenters. The van der Waals surface area contributed by atoms with Crippen LogP contribution in [-0.2, 0) is 9.59 Å². The van der Waals surface area contributed by atoms with Crippen LogP contribution in [0.2, 0.25) is 0 Å². The maximum atomic E-state index is 12.2. The predicted octanol–water partition coefficient (Wildman–Crippen LogP) is -1.70. The van der Waals surface area contributed by atoms with Crippen molar-refractivity contribution in [1.29, 1.82) is 0 Å². The Bertz CT molecular complexity index is 225. The van der Waals surface area contributed by atoms with Crippen LogP contribution < -0.4 is 11.1 Å². The summed E-state index contributed by atoms with van der Waals surface area (Å²) in [6.45, 7) is 0. The normalized spacial score (nSPS) is 25.7. The van der Waals surface area contributed by atoms with Crippen molar-refractivity contribution in [2.45, 2.75) is 6.17 Å². The summed E-state index contributed by atoms with van der Waals surface area (Å²) in [4.78, 5) is 23.6. The highest BCUT2D eigenvalue weighted by atomic mass is 19.1. The molecule has 0 saturated heterocycles. The molecule has 0 fully saturated rings. The molecule has 5 nitrogen and oxygen atoms in total. The quantitative estimate of drug-likeness (QED) is 0.398. The molecule has 0 saturated carbocycles. The minimum Gasteiger partial charge on any atom is -0.369 e. The third-order valence-electron chi connectivity index (χ3n) is 0.929. The number of hydrogen-bond donors (Lipinski definition) is 2. The number of nitrogens with one attached hydrogen (secondary N) is 1. The topological polar surface area (TPSA) is 84.5 Å². The van der Waals surface area contributed by atoms with Gasteiger partial charge in [0, 0.05) is 0 Å². The number of amides is 2. The van der Waals surface area contributed by atoms with E-state index in [9.17, 15) is 14.0 Å². The van der Waals surface area contributed by atoms with Crippen LogP contribution in [-0.4, -0.2) is 23.9 Å². The van der Waals surface area contributed by atoms with Crippen LogP contribution in [0.25, 0.3) is 0 Å². The molecule has 0 aromatic carbocycles. The van der Waals surface area contributed by atoms with Crippen molar-refractivity contribution < 1.29 is 14.0 Å². The molecule has 1 atom stereocenters. The van der Waals surface area contributed by atoms with Crippen LogP contribution in [0.1, 0.15) is 0 Å². The van der Waals surface area contributed by atoms with E-state index in [1.54, 1.807) is 0 Å². The number of halogens is 1. The number of guanidine groups is 1. The molecule has 1 aliphatic rings. The number of rotatable bonds is 0. The summed E-state index contributed by atoms with van der Waals surface area (Å²) in [6, 6.07) is 0. The average molecular weight is 145 g/mol. The van der Waals surface area contributed by atoms with Crippen molar-refractivity contribution in [2.75, 3.05) is 0 Å². The van der Waals surface area contributed by atoms with Gasteiger partial charge < -0.3 is 5.73 Å². The van der Waals surface area contributed by atoms with Gasteiger partial charge in [0.05, 0.1) is 0 Å². The van der Waals surface area contributed by atoms with Crippen LogP contribution in [0.3, 0.4) is 0 Å². The second-order valence-electron chi connectivity index (χ2n) is 1.69. The molecule has 0 bridgehead atoms. The number of alkyl halides is 1. The number of carbonyl (C=O) groups excluding carboxylic acids is 2. The fourth-order valence-electron chi connectivity index (χ4n) is 0.505. The van der Waals surface area contributed by atoms with Gasteiger partial charge in [0.25, 0.3) is 18.0 Å². The van der Waals surface area contributed by atoms with E-state index in [1.165, 1.54) is 0 Å². The van der Waals surface area contributed by atoms with Crippen LogP contribution in [0, 0.1) is 0 Å². The van der Waals surface area contributed by atoms with Crippen molar-refractivity contribution >= 4 is 17.8 Å². The molecule has 3 N–H and O–H groups in total. The van der Waals surface area contributed by atoms with Crippen molar-refractivity contribution in [3.05, 3.63) is 0 Å². The minimum absolute atomic E-state index is 0.357. The first-order valence-corrected chi connectivity index (χ1v) is 2.44. The molecular formula is C4H4FN3O2. The summed E-state index contributed by atoms with van der Waals surface area (Å²) in [5, 5.41) is 1.85. The Morgan fingerprint density at radius 2 is 2.20 bits per heavy atom. The Balaban J connectivity index is 2.89. The zero-order chi connectivity index (χ0) is 7.72. The highest BCUT2D eigenvalue weighted by Gasteiger charge is 2.30. The summed E-state index contributed by atoms with van der Waals surface area (Å²) < 4.78 is 12.2. The molecular weight excluding hydrogens is 141 g/mol. The Morgan fingerprint density at radius 1 is 1.60 bits per heavy atom. The molecule has 0 aliphatic carbocycles. The lowest BCUT2D eigenvalue weighted by Gasteiger charge is -2.10. The van der Waals surface area contributed by atoms with E-state index in [1.807, 2.05) is 5.32 Å². The maximum Gasteiger partial charge on any atom is 0.293 e. The molecule has 1 aliphatic heterocycles. The van der Waals surface area contributed by atoms with E-state index >= 15 is 0 Å². The van der Waals surface area contributed by atoms with Gasteiger partial charge in [-0.15, -0.1) is 0 Å². The van der Waals surface area contributed by atoms with E-state index in [0.29, 0.717) is 0 Å². The molecule has 0 aromatic heterocycles. The number of carbonyl (C=O) groups is 2. The lowest BCUT2D eigenvalue weighted by atomic mass is 10.3. The highest BCUT2D eigenvalue weighted by Crippen LogP contribution is 1.98. The van der Waals surface area contributed by atoms with Gasteiger partial charge in [-0.25, -0.2) is 4.39 Å². The third-order valence-corrected chi connectivity index (χ3v) is 0.929. The zero-order valence-corrected chi connectivity index (χ0v) is 4.80. The molecule has 2 amide bonds. The molecule has 54 valence electrons. The van der Waals surface area contributed by atoms with Crippen LogP contribution in [0.5, 0.6) is 0 Å². The van der Waals surface area contributed by atoms with Gasteiger partial charge in [0.15, 0.2) is 0 Å². The molecule has 6 heteroatoms. The second-order valence-corrected chi connectivity index (χ2v) is 1.69. The minimum atomic E-state index is -2.20. The molecule has 1 rings (SSSR count). The average Bonchev–Trinajstić information content (AvgIpc) is 1.82. The molecule has 0 spiro atoms. The molecule has 10 heavy (non-hydrogen) atoms. The van der Waals surface area contributed by atoms with Gasteiger partial charge in [-0.1, -0.05) is 0 Å². The number of nitrogens with two attached hydrogens (primary N) is 1. The summed E-state index contributed by atoms with van der Waals surface area (Å²) in [5.41, 5.74) is 4.91. The van der Waals surface area contributed by atoms with Gasteiger partial charge in [-0.05, 0) is 0 Å². The van der Waals surface area contributed by atoms with Gasteiger partial charge in [-0.3, -0.25) is 14.9 Å². The summed E-state index contributed by atoms with van der Waals surface area (Å²) >= 11 is 0. The SMILES string of the molecule is NC1=NC(=O)C(F)C(=O)N1. The fourth-order valence-corrected chi connectivity index (χ4v) is 0.505. The van der Waals surface area contributed by atoms with E-state index in [2.05, 4.69) is 4.99 Å². The van der Waals surface area contributed by atoms with Gasteiger partial charge in [0.2, 0.25) is 5.96 Å². The Morgan fingerprint density at radius 3 is 2.70 bits per heavy atom. The van der Waals surface area contributed by atoms with Crippen molar-refractivity contribution in [1.82, 2.24) is 5.32 Å². The van der Waals surface area contributed by atoms with Gasteiger partial charge in [-0.2, -0.15) is 4.99 Å². The first-order valence-electron chi connectivity index (χ1n) is 2.44. The number of aliphatic imine (C=N–C) groups is 1. The van der Waals surface area contributed by atoms with E-state index in [-0.39, 0.29) is 5.96 Å². The van der Waals surface area contributed by atoms with Crippen molar-refractivity contribution in [2.24, 2.45) is 10.7 Å². The summed E-state index contributed by atoms with van der Waals surface area (Å²) in [6.07, 6.45) is -2.20. The monoisotopic (exact) mass is 145 g/mol. The van der Waals surface area contributed by atoms with E-state index in [0.717, 1.165) is 0 Å². The molecule has 0 aromatic rings. The van der Waals surface area contributed by atoms with Crippen molar-refractivity contribution in [3.8, 4) is 0 Å². The number of nitrogens with zero attached hydrogens (tertiary/aromatic N) is 1. The standard InChI is InChI=1S/C4H4FN3O2/c5-1-2(9)7-4(6)8-3(1)10/h1H,(H3,6,7,8,9,10). The summed E-state index contributed by atoms with van der Waals surface area (Å²) in [5.74, 6) is -2.57. The maximum absolute atomic E-state index is 12.2. The van der Waals surface area contributed by atoms with E-state index < -0.39 is 18.0 Å². The molecule has 1 heterocycles. The Labute approximate surface area is 55.1 Å². The van der Waals surface area contributed by atoms with Crippen molar-refractivity contribution in [3.63, 3.8) is 0 Å². The number of hydrogen-bond acceptors (Lipinski definition) is 3. The third kappa shape index (κ3) is 0.949. The first kappa shape index (κ1) is 6.66. The van der Waals surface area contributed by atoms with Crippen LogP contribution >= 0.6 is 0 Å². The molecule has 0 radical (unpaired) electrons. The van der Waals surface area contributed by atoms with Gasteiger partial charge >= 0.3 is 0 Å². The lowest BCUT2D eigenvalue weighted by molar-refractivity contribution is -0.134. The van der Waals surface area contributed by atoms with Gasteiger partial charge in [0.1, 0.15) is 0 Å². The Kier molecular flexibility index (Phi) is 1.37. The van der Waals surface area contributed by atoms with E-state index in [4.69, 9.17) is 5.73 Å². The smallest absolute Gasteiger partial charge is 0.293 e. The fraction of sp³-hybridized carbons (Fsp3) is 0.250. The lowest BCUT2D eigenvalue weighted by Crippen LogP contribution is -2.48. The first-order chi connectivity index (χ1) is 4.61. The second kappa shape index (κ2) is 2.05. The summed E-state index contributed by atoms with van der Waals surface area (Å²) in [7, 11) is 0. The zero-order valence-electron chi connectivity index (χ0n) is 4.80. The highest BCUT2D eigenvalue weighted by molar-refractivity contribution is 6.16. The van der Waals surface area contributed by atoms with Crippen LogP contribution in [0.4, 0.5) is 4.39 Å². The Hall–Kier alpha value is -1.46. The predicted molar refractivity (Wildman–Crippen MR) is 29.7 cm³/mol. The largest absolute Gasteiger partial charge is 0.369 e.